The molecule has 4 rings (SSSR count). The summed E-state index contributed by atoms with van der Waals surface area (Å²) in [5.41, 5.74) is 0.738. The molecular weight excluding hydrogens is 416 g/mol. The van der Waals surface area contributed by atoms with Gasteiger partial charge in [-0.2, -0.15) is 0 Å². The number of nitrogens with zero attached hydrogens (tertiary/aromatic N) is 1. The first-order valence-electron chi connectivity index (χ1n) is 9.60. The van der Waals surface area contributed by atoms with Crippen LogP contribution in [-0.4, -0.2) is 23.8 Å². The number of pyridine rings is 1. The zero-order valence-electron chi connectivity index (χ0n) is 16.9. The van der Waals surface area contributed by atoms with Gasteiger partial charge in [-0.1, -0.05) is 12.1 Å². The Morgan fingerprint density at radius 1 is 0.875 bits per heavy atom. The molecule has 6 nitrogen and oxygen atoms in total. The number of aromatic nitrogens is 1. The molecule has 0 aliphatic rings. The highest BCUT2D eigenvalue weighted by Gasteiger charge is 2.13. The molecule has 0 fully saturated rings. The third kappa shape index (κ3) is 4.39. The SMILES string of the molecule is CNC(=O)c1cc(Oc2ccc3c(C(=O)Nc4ccc(F)c(F)c4)cccc3c2)ccn1. The van der Waals surface area contributed by atoms with Gasteiger partial charge in [-0.3, -0.25) is 14.6 Å². The maximum atomic E-state index is 13.4. The molecule has 0 aliphatic carbocycles. The number of rotatable bonds is 5. The molecule has 1 heterocycles. The van der Waals surface area contributed by atoms with Crippen molar-refractivity contribution < 1.29 is 23.1 Å². The van der Waals surface area contributed by atoms with Crippen LogP contribution in [0.15, 0.2) is 72.9 Å². The average molecular weight is 433 g/mol. The number of halogens is 2. The van der Waals surface area contributed by atoms with Gasteiger partial charge in [0.05, 0.1) is 0 Å². The molecule has 0 aliphatic heterocycles. The highest BCUT2D eigenvalue weighted by atomic mass is 19.2. The first-order chi connectivity index (χ1) is 15.4. The van der Waals surface area contributed by atoms with Gasteiger partial charge in [0.15, 0.2) is 11.6 Å². The topological polar surface area (TPSA) is 80.3 Å². The summed E-state index contributed by atoms with van der Waals surface area (Å²) in [4.78, 5) is 28.5. The second-order valence-electron chi connectivity index (χ2n) is 6.83. The molecule has 0 saturated carbocycles. The molecule has 0 bridgehead atoms. The van der Waals surface area contributed by atoms with E-state index in [0.29, 0.717) is 22.4 Å². The number of anilines is 1. The van der Waals surface area contributed by atoms with Crippen molar-refractivity contribution in [3.63, 3.8) is 0 Å². The summed E-state index contributed by atoms with van der Waals surface area (Å²) < 4.78 is 32.4. The third-order valence-corrected chi connectivity index (χ3v) is 4.70. The Morgan fingerprint density at radius 3 is 2.47 bits per heavy atom. The number of ether oxygens (including phenoxy) is 1. The highest BCUT2D eigenvalue weighted by Crippen LogP contribution is 2.28. The summed E-state index contributed by atoms with van der Waals surface area (Å²) in [7, 11) is 1.52. The van der Waals surface area contributed by atoms with Gasteiger partial charge in [0.2, 0.25) is 0 Å². The van der Waals surface area contributed by atoms with E-state index in [4.69, 9.17) is 4.74 Å². The van der Waals surface area contributed by atoms with E-state index in [1.807, 2.05) is 6.07 Å². The van der Waals surface area contributed by atoms with E-state index in [-0.39, 0.29) is 17.3 Å². The van der Waals surface area contributed by atoms with Crippen molar-refractivity contribution in [2.45, 2.75) is 0 Å². The smallest absolute Gasteiger partial charge is 0.269 e. The van der Waals surface area contributed by atoms with Crippen LogP contribution >= 0.6 is 0 Å². The normalized spacial score (nSPS) is 10.6. The van der Waals surface area contributed by atoms with E-state index < -0.39 is 17.5 Å². The Hall–Kier alpha value is -4.33. The molecule has 0 radical (unpaired) electrons. The minimum Gasteiger partial charge on any atom is -0.457 e. The summed E-state index contributed by atoms with van der Waals surface area (Å²) >= 11 is 0. The van der Waals surface area contributed by atoms with Crippen molar-refractivity contribution in [3.8, 4) is 11.5 Å². The number of nitrogens with one attached hydrogen (secondary N) is 2. The number of benzene rings is 3. The van der Waals surface area contributed by atoms with Crippen molar-refractivity contribution in [1.82, 2.24) is 10.3 Å². The standard InChI is InChI=1S/C24H17F2N3O3/c1-27-24(31)22-13-17(9-10-28-22)32-16-6-7-18-14(11-16)3-2-4-19(18)23(30)29-15-5-8-20(25)21(26)12-15/h2-13H,1H3,(H,27,31)(H,29,30). The van der Waals surface area contributed by atoms with Crippen LogP contribution in [0.3, 0.4) is 0 Å². The average Bonchev–Trinajstić information content (AvgIpc) is 2.80. The summed E-state index contributed by atoms with van der Waals surface area (Å²) in [6.07, 6.45) is 1.47. The molecule has 160 valence electrons. The molecule has 0 atom stereocenters. The molecular formula is C24H17F2N3O3. The molecule has 2 N–H and O–H groups in total. The van der Waals surface area contributed by atoms with Crippen LogP contribution < -0.4 is 15.4 Å². The van der Waals surface area contributed by atoms with E-state index in [0.717, 1.165) is 17.5 Å². The summed E-state index contributed by atoms with van der Waals surface area (Å²) in [5, 5.41) is 6.47. The number of fused-ring (bicyclic) bond motifs is 1. The van der Waals surface area contributed by atoms with Crippen molar-refractivity contribution in [2.24, 2.45) is 0 Å². The number of carbonyl (C=O) groups excluding carboxylic acids is 2. The van der Waals surface area contributed by atoms with Crippen LogP contribution in [0.5, 0.6) is 11.5 Å². The van der Waals surface area contributed by atoms with E-state index in [1.54, 1.807) is 36.4 Å². The van der Waals surface area contributed by atoms with Crippen molar-refractivity contribution >= 4 is 28.3 Å². The minimum absolute atomic E-state index is 0.149. The lowest BCUT2D eigenvalue weighted by Crippen LogP contribution is -2.18. The van der Waals surface area contributed by atoms with Gasteiger partial charge in [0, 0.05) is 36.6 Å². The van der Waals surface area contributed by atoms with Gasteiger partial charge >= 0.3 is 0 Å². The van der Waals surface area contributed by atoms with Crippen molar-refractivity contribution in [3.05, 3.63) is 95.8 Å². The molecule has 3 aromatic carbocycles. The van der Waals surface area contributed by atoms with E-state index in [9.17, 15) is 18.4 Å². The summed E-state index contributed by atoms with van der Waals surface area (Å²) in [5.74, 6) is -1.88. The first-order valence-corrected chi connectivity index (χ1v) is 9.60. The van der Waals surface area contributed by atoms with Crippen molar-refractivity contribution in [1.29, 1.82) is 0 Å². The molecule has 2 amide bonds. The van der Waals surface area contributed by atoms with Crippen LogP contribution in [-0.2, 0) is 0 Å². The number of hydrogen-bond donors (Lipinski definition) is 2. The lowest BCUT2D eigenvalue weighted by Gasteiger charge is -2.11. The van der Waals surface area contributed by atoms with Gasteiger partial charge in [0.25, 0.3) is 11.8 Å². The predicted octanol–water partition coefficient (Wildman–Crippen LogP) is 4.92. The van der Waals surface area contributed by atoms with Gasteiger partial charge < -0.3 is 15.4 Å². The zero-order valence-corrected chi connectivity index (χ0v) is 16.9. The zero-order chi connectivity index (χ0) is 22.7. The van der Waals surface area contributed by atoms with Gasteiger partial charge in [-0.05, 0) is 53.2 Å². The van der Waals surface area contributed by atoms with E-state index in [2.05, 4.69) is 15.6 Å². The number of amides is 2. The minimum atomic E-state index is -1.04. The van der Waals surface area contributed by atoms with Crippen LogP contribution in [0.4, 0.5) is 14.5 Å². The second kappa shape index (κ2) is 8.81. The van der Waals surface area contributed by atoms with Gasteiger partial charge in [-0.25, -0.2) is 8.78 Å². The maximum absolute atomic E-state index is 13.4. The Balaban J connectivity index is 1.59. The molecule has 4 aromatic rings. The van der Waals surface area contributed by atoms with Crippen LogP contribution in [0.2, 0.25) is 0 Å². The highest BCUT2D eigenvalue weighted by molar-refractivity contribution is 6.13. The van der Waals surface area contributed by atoms with Crippen LogP contribution in [0, 0.1) is 11.6 Å². The van der Waals surface area contributed by atoms with E-state index >= 15 is 0 Å². The molecule has 1 aromatic heterocycles. The van der Waals surface area contributed by atoms with Gasteiger partial charge in [-0.15, -0.1) is 0 Å². The van der Waals surface area contributed by atoms with E-state index in [1.165, 1.54) is 25.4 Å². The van der Waals surface area contributed by atoms with Crippen LogP contribution in [0.1, 0.15) is 20.8 Å². The molecule has 0 spiro atoms. The van der Waals surface area contributed by atoms with Crippen LogP contribution in [0.25, 0.3) is 10.8 Å². The lowest BCUT2D eigenvalue weighted by atomic mass is 10.0. The first kappa shape index (κ1) is 20.9. The largest absolute Gasteiger partial charge is 0.457 e. The number of hydrogen-bond acceptors (Lipinski definition) is 4. The second-order valence-corrected chi connectivity index (χ2v) is 6.83. The number of carbonyl (C=O) groups is 2. The Morgan fingerprint density at radius 2 is 1.69 bits per heavy atom. The Labute approximate surface area is 181 Å². The van der Waals surface area contributed by atoms with Gasteiger partial charge in [0.1, 0.15) is 17.2 Å². The summed E-state index contributed by atoms with van der Waals surface area (Å²) in [6, 6.07) is 16.6. The fourth-order valence-corrected chi connectivity index (χ4v) is 3.16. The third-order valence-electron chi connectivity index (χ3n) is 4.70. The molecule has 32 heavy (non-hydrogen) atoms. The molecule has 0 unspecified atom stereocenters. The fraction of sp³-hybridized carbons (Fsp3) is 0.0417. The lowest BCUT2D eigenvalue weighted by molar-refractivity contribution is 0.0957. The Kier molecular flexibility index (Phi) is 5.76. The maximum Gasteiger partial charge on any atom is 0.269 e. The monoisotopic (exact) mass is 433 g/mol. The molecule has 0 saturated heterocycles. The Bertz CT molecular complexity index is 1340. The summed E-state index contributed by atoms with van der Waals surface area (Å²) in [6.45, 7) is 0. The quantitative estimate of drug-likeness (QED) is 0.468. The predicted molar refractivity (Wildman–Crippen MR) is 116 cm³/mol. The van der Waals surface area contributed by atoms with Crippen molar-refractivity contribution in [2.75, 3.05) is 12.4 Å². The molecule has 8 heteroatoms. The fourth-order valence-electron chi connectivity index (χ4n) is 3.16.